The predicted octanol–water partition coefficient (Wildman–Crippen LogP) is 2.73. The van der Waals surface area contributed by atoms with Gasteiger partial charge >= 0.3 is 5.69 Å². The maximum absolute atomic E-state index is 11.3. The van der Waals surface area contributed by atoms with E-state index in [2.05, 4.69) is 25.9 Å². The number of phenolic OH excluding ortho intramolecular Hbond substituents is 1. The van der Waals surface area contributed by atoms with Crippen LogP contribution in [0.3, 0.4) is 0 Å². The second-order valence-electron chi connectivity index (χ2n) is 4.17. The Labute approximate surface area is 124 Å². The van der Waals surface area contributed by atoms with Crippen LogP contribution in [0.4, 0.5) is 0 Å². The summed E-state index contributed by atoms with van der Waals surface area (Å²) in [6.07, 6.45) is 3.33. The molecule has 0 aliphatic rings. The number of nitrogens with one attached hydrogen (secondary N) is 1. The van der Waals surface area contributed by atoms with Gasteiger partial charge < -0.3 is 14.8 Å². The first-order valence-corrected chi connectivity index (χ1v) is 6.61. The smallest absolute Gasteiger partial charge is 0.345 e. The van der Waals surface area contributed by atoms with Crippen molar-refractivity contribution in [3.63, 3.8) is 0 Å². The number of aromatic amines is 1. The van der Waals surface area contributed by atoms with E-state index in [4.69, 9.17) is 4.74 Å². The fourth-order valence-corrected chi connectivity index (χ4v) is 2.20. The van der Waals surface area contributed by atoms with Crippen molar-refractivity contribution in [2.24, 2.45) is 0 Å². The quantitative estimate of drug-likeness (QED) is 0.903. The van der Waals surface area contributed by atoms with Crippen LogP contribution in [-0.4, -0.2) is 22.2 Å². The van der Waals surface area contributed by atoms with Gasteiger partial charge in [-0.05, 0) is 37.3 Å². The molecule has 1 heterocycles. The fourth-order valence-electron chi connectivity index (χ4n) is 1.74. The number of phenols is 1. The topological polar surface area (TPSA) is 75.2 Å². The Morgan fingerprint density at radius 2 is 2.10 bits per heavy atom. The fraction of sp³-hybridized carbons (Fsp3) is 0.143. The van der Waals surface area contributed by atoms with Crippen LogP contribution in [0.2, 0.25) is 0 Å². The molecule has 0 saturated carbocycles. The van der Waals surface area contributed by atoms with Crippen molar-refractivity contribution in [3.8, 4) is 11.5 Å². The van der Waals surface area contributed by atoms with Crippen molar-refractivity contribution in [2.45, 2.75) is 6.92 Å². The van der Waals surface area contributed by atoms with Crippen LogP contribution >= 0.6 is 15.9 Å². The Hall–Kier alpha value is -2.08. The van der Waals surface area contributed by atoms with E-state index in [1.165, 1.54) is 7.11 Å². The molecule has 0 aliphatic carbocycles. The van der Waals surface area contributed by atoms with Gasteiger partial charge in [-0.15, -0.1) is 0 Å². The van der Waals surface area contributed by atoms with Crippen LogP contribution in [0.15, 0.2) is 27.5 Å². The van der Waals surface area contributed by atoms with Crippen molar-refractivity contribution >= 4 is 28.1 Å². The molecule has 0 unspecified atom stereocenters. The molecule has 0 spiro atoms. The number of H-pyrrole nitrogens is 1. The molecule has 0 aliphatic heterocycles. The third-order valence-electron chi connectivity index (χ3n) is 2.62. The van der Waals surface area contributed by atoms with Gasteiger partial charge in [0.1, 0.15) is 0 Å². The van der Waals surface area contributed by atoms with E-state index in [0.717, 1.165) is 10.2 Å². The van der Waals surface area contributed by atoms with Crippen LogP contribution in [0.1, 0.15) is 17.0 Å². The molecule has 0 atom stereocenters. The number of benzene rings is 1. The van der Waals surface area contributed by atoms with E-state index >= 15 is 0 Å². The van der Waals surface area contributed by atoms with Gasteiger partial charge in [0.2, 0.25) is 0 Å². The molecule has 1 aromatic heterocycles. The van der Waals surface area contributed by atoms with Crippen molar-refractivity contribution in [3.05, 3.63) is 50.1 Å². The first-order valence-electron chi connectivity index (χ1n) is 5.82. The zero-order chi connectivity index (χ0) is 14.7. The Kier molecular flexibility index (Phi) is 4.24. The first-order chi connectivity index (χ1) is 9.49. The number of aromatic hydroxyl groups is 1. The van der Waals surface area contributed by atoms with Gasteiger partial charge in [0.15, 0.2) is 11.5 Å². The molecular weight excluding hydrogens is 324 g/mol. The molecule has 104 valence electrons. The van der Waals surface area contributed by atoms with E-state index in [0.29, 0.717) is 17.0 Å². The average molecular weight is 337 g/mol. The van der Waals surface area contributed by atoms with Gasteiger partial charge in [-0.25, -0.2) is 4.79 Å². The highest BCUT2D eigenvalue weighted by atomic mass is 79.9. The van der Waals surface area contributed by atoms with Crippen LogP contribution in [-0.2, 0) is 0 Å². The molecule has 1 aromatic carbocycles. The summed E-state index contributed by atoms with van der Waals surface area (Å²) in [6, 6.07) is 5.15. The van der Waals surface area contributed by atoms with Crippen LogP contribution in [0.25, 0.3) is 12.2 Å². The number of aromatic nitrogens is 2. The minimum absolute atomic E-state index is 0.0357. The van der Waals surface area contributed by atoms with Gasteiger partial charge in [0.25, 0.3) is 0 Å². The Bertz CT molecular complexity index is 723. The van der Waals surface area contributed by atoms with E-state index in [9.17, 15) is 9.90 Å². The Morgan fingerprint density at radius 1 is 1.35 bits per heavy atom. The second-order valence-corrected chi connectivity index (χ2v) is 5.09. The summed E-state index contributed by atoms with van der Waals surface area (Å²) in [5.41, 5.74) is 1.40. The van der Waals surface area contributed by atoms with E-state index in [1.54, 1.807) is 37.3 Å². The summed E-state index contributed by atoms with van der Waals surface area (Å²) in [4.78, 5) is 17.7. The van der Waals surface area contributed by atoms with Crippen molar-refractivity contribution < 1.29 is 9.84 Å². The standard InChI is InChI=1S/C14H13BrN2O3/c1-8-5-11(17-14(19)16-8)4-3-9-6-10(15)7-12(20-2)13(9)18/h3-7,18H,1-2H3,(H,16,17,19). The summed E-state index contributed by atoms with van der Waals surface area (Å²) in [7, 11) is 1.48. The third kappa shape index (κ3) is 3.27. The minimum Gasteiger partial charge on any atom is -0.504 e. The summed E-state index contributed by atoms with van der Waals surface area (Å²) >= 11 is 3.34. The van der Waals surface area contributed by atoms with Gasteiger partial charge in [-0.1, -0.05) is 15.9 Å². The lowest BCUT2D eigenvalue weighted by atomic mass is 10.1. The molecule has 0 amide bonds. The summed E-state index contributed by atoms with van der Waals surface area (Å²) in [6.45, 7) is 1.78. The van der Waals surface area contributed by atoms with Gasteiger partial charge in [0.05, 0.1) is 12.8 Å². The molecule has 2 rings (SSSR count). The minimum atomic E-state index is -0.402. The number of rotatable bonds is 3. The third-order valence-corrected chi connectivity index (χ3v) is 3.08. The molecule has 2 N–H and O–H groups in total. The van der Waals surface area contributed by atoms with E-state index < -0.39 is 5.69 Å². The molecule has 0 bridgehead atoms. The molecule has 6 heteroatoms. The number of halogens is 1. The zero-order valence-corrected chi connectivity index (χ0v) is 12.6. The second kappa shape index (κ2) is 5.92. The highest BCUT2D eigenvalue weighted by Crippen LogP contribution is 2.34. The lowest BCUT2D eigenvalue weighted by Gasteiger charge is -2.07. The highest BCUT2D eigenvalue weighted by Gasteiger charge is 2.07. The largest absolute Gasteiger partial charge is 0.504 e. The molecule has 0 saturated heterocycles. The Balaban J connectivity index is 2.41. The lowest BCUT2D eigenvalue weighted by Crippen LogP contribution is -2.11. The molecule has 2 aromatic rings. The van der Waals surface area contributed by atoms with E-state index in [1.807, 2.05) is 0 Å². The van der Waals surface area contributed by atoms with Crippen molar-refractivity contribution in [1.82, 2.24) is 9.97 Å². The number of hydrogen-bond donors (Lipinski definition) is 2. The lowest BCUT2D eigenvalue weighted by molar-refractivity contribution is 0.372. The number of hydrogen-bond acceptors (Lipinski definition) is 4. The number of ether oxygens (including phenoxy) is 1. The normalized spacial score (nSPS) is 10.9. The Morgan fingerprint density at radius 3 is 2.75 bits per heavy atom. The number of methoxy groups -OCH3 is 1. The molecule has 0 radical (unpaired) electrons. The van der Waals surface area contributed by atoms with Crippen molar-refractivity contribution in [1.29, 1.82) is 0 Å². The number of nitrogens with zero attached hydrogens (tertiary/aromatic N) is 1. The first kappa shape index (κ1) is 14.3. The summed E-state index contributed by atoms with van der Waals surface area (Å²) < 4.78 is 5.85. The van der Waals surface area contributed by atoms with Crippen LogP contribution in [0, 0.1) is 6.92 Å². The summed E-state index contributed by atoms with van der Waals surface area (Å²) in [5, 5.41) is 10.0. The van der Waals surface area contributed by atoms with Crippen molar-refractivity contribution in [2.75, 3.05) is 7.11 Å². The summed E-state index contributed by atoms with van der Waals surface area (Å²) in [5.74, 6) is 0.405. The predicted molar refractivity (Wildman–Crippen MR) is 80.9 cm³/mol. The zero-order valence-electron chi connectivity index (χ0n) is 11.0. The van der Waals surface area contributed by atoms with Gasteiger partial charge in [-0.2, -0.15) is 4.98 Å². The number of aryl methyl sites for hydroxylation is 1. The van der Waals surface area contributed by atoms with E-state index in [-0.39, 0.29) is 5.75 Å². The molecule has 20 heavy (non-hydrogen) atoms. The average Bonchev–Trinajstić information content (AvgIpc) is 2.38. The molecule has 0 fully saturated rings. The molecule has 5 nitrogen and oxygen atoms in total. The van der Waals surface area contributed by atoms with Crippen LogP contribution < -0.4 is 10.4 Å². The maximum atomic E-state index is 11.3. The molecular formula is C14H13BrN2O3. The highest BCUT2D eigenvalue weighted by molar-refractivity contribution is 9.10. The maximum Gasteiger partial charge on any atom is 0.345 e. The van der Waals surface area contributed by atoms with Crippen LogP contribution in [0.5, 0.6) is 11.5 Å². The SMILES string of the molecule is COc1cc(Br)cc(C=Cc2cc(C)[nH]c(=O)n2)c1O. The van der Waals surface area contributed by atoms with Gasteiger partial charge in [0, 0.05) is 15.7 Å². The monoisotopic (exact) mass is 336 g/mol. The van der Waals surface area contributed by atoms with Gasteiger partial charge in [-0.3, -0.25) is 0 Å².